The number of rotatable bonds is 3. The molecule has 0 spiro atoms. The minimum Gasteiger partial charge on any atom is -0.506 e. The zero-order valence-corrected chi connectivity index (χ0v) is 21.4. The summed E-state index contributed by atoms with van der Waals surface area (Å²) in [5.74, 6) is -2.01. The van der Waals surface area contributed by atoms with E-state index in [1.165, 1.54) is 18.2 Å². The van der Waals surface area contributed by atoms with E-state index in [-0.39, 0.29) is 28.2 Å². The van der Waals surface area contributed by atoms with Crippen molar-refractivity contribution in [3.8, 4) is 11.5 Å². The Labute approximate surface area is 207 Å². The molecule has 3 N–H and O–H groups in total. The van der Waals surface area contributed by atoms with E-state index in [1.807, 2.05) is 0 Å². The first-order valence-corrected chi connectivity index (χ1v) is 11.6. The number of phenolic OH excluding ortho intramolecular Hbond substituents is 2. The monoisotopic (exact) mass is 574 g/mol. The van der Waals surface area contributed by atoms with Gasteiger partial charge in [0.1, 0.15) is 11.5 Å². The predicted octanol–water partition coefficient (Wildman–Crippen LogP) is 6.02. The number of carboxylic acid groups (broad SMARTS) is 1. The van der Waals surface area contributed by atoms with Gasteiger partial charge in [0.15, 0.2) is 5.60 Å². The Kier molecular flexibility index (Phi) is 5.57. The molecule has 1 aliphatic rings. The van der Waals surface area contributed by atoms with Crippen molar-refractivity contribution in [2.45, 2.75) is 33.3 Å². The number of benzene rings is 3. The standard InChI is InChI=1S/C25H20Br2O6/c1-10-8-16(26)21(28)12(3)18(10)25(19-11(2)9-17(27)22(29)13(19)4)20-14(23(30)31)6-5-7-15(20)24(32)33-25/h5-9,28-29H,1-4H3,(H,30,31). The van der Waals surface area contributed by atoms with Gasteiger partial charge in [-0.05, 0) is 94.9 Å². The molecule has 0 saturated carbocycles. The number of ether oxygens (including phenoxy) is 1. The van der Waals surface area contributed by atoms with Crippen LogP contribution in [0.4, 0.5) is 0 Å². The van der Waals surface area contributed by atoms with E-state index in [1.54, 1.807) is 39.8 Å². The van der Waals surface area contributed by atoms with E-state index < -0.39 is 17.5 Å². The second-order valence-electron chi connectivity index (χ2n) is 8.15. The summed E-state index contributed by atoms with van der Waals surface area (Å²) >= 11 is 6.69. The van der Waals surface area contributed by atoms with E-state index in [0.29, 0.717) is 42.3 Å². The zero-order valence-electron chi connectivity index (χ0n) is 18.2. The molecule has 0 atom stereocenters. The summed E-state index contributed by atoms with van der Waals surface area (Å²) in [4.78, 5) is 25.5. The number of carboxylic acids is 1. The second-order valence-corrected chi connectivity index (χ2v) is 9.86. The van der Waals surface area contributed by atoms with Crippen LogP contribution < -0.4 is 0 Å². The Bertz CT molecular complexity index is 1310. The molecule has 1 heterocycles. The van der Waals surface area contributed by atoms with Crippen LogP contribution in [0.5, 0.6) is 11.5 Å². The third-order valence-electron chi connectivity index (χ3n) is 6.20. The normalized spacial score (nSPS) is 14.2. The van der Waals surface area contributed by atoms with Gasteiger partial charge in [0.25, 0.3) is 0 Å². The van der Waals surface area contributed by atoms with Crippen LogP contribution in [0.1, 0.15) is 59.7 Å². The van der Waals surface area contributed by atoms with Crippen molar-refractivity contribution in [1.29, 1.82) is 0 Å². The number of esters is 1. The molecule has 0 aromatic heterocycles. The Balaban J connectivity index is 2.32. The lowest BCUT2D eigenvalue weighted by Gasteiger charge is -2.36. The van der Waals surface area contributed by atoms with E-state index in [2.05, 4.69) is 31.9 Å². The molecule has 1 aliphatic heterocycles. The Hall–Kier alpha value is -2.84. The maximum atomic E-state index is 13.2. The van der Waals surface area contributed by atoms with Crippen molar-refractivity contribution in [1.82, 2.24) is 0 Å². The molecule has 4 rings (SSSR count). The minimum absolute atomic E-state index is 0.0519. The molecule has 0 amide bonds. The summed E-state index contributed by atoms with van der Waals surface area (Å²) in [5.41, 5.74) is 1.54. The Morgan fingerprint density at radius 3 is 1.82 bits per heavy atom. The fraction of sp³-hybridized carbons (Fsp3) is 0.200. The molecule has 0 fully saturated rings. The van der Waals surface area contributed by atoms with E-state index in [9.17, 15) is 24.9 Å². The molecule has 6 nitrogen and oxygen atoms in total. The van der Waals surface area contributed by atoms with Gasteiger partial charge in [-0.15, -0.1) is 0 Å². The number of aromatic hydroxyl groups is 2. The lowest BCUT2D eigenvalue weighted by Crippen LogP contribution is -2.35. The third kappa shape index (κ3) is 3.19. The molecule has 0 bridgehead atoms. The van der Waals surface area contributed by atoms with Crippen molar-refractivity contribution in [3.63, 3.8) is 0 Å². The van der Waals surface area contributed by atoms with Crippen LogP contribution in [0.2, 0.25) is 0 Å². The largest absolute Gasteiger partial charge is 0.506 e. The number of aromatic carboxylic acids is 1. The van der Waals surface area contributed by atoms with Gasteiger partial charge < -0.3 is 20.1 Å². The highest BCUT2D eigenvalue weighted by Gasteiger charge is 2.54. The van der Waals surface area contributed by atoms with Crippen molar-refractivity contribution >= 4 is 43.8 Å². The van der Waals surface area contributed by atoms with Gasteiger partial charge in [-0.1, -0.05) is 6.07 Å². The first-order valence-electron chi connectivity index (χ1n) is 10.0. The molecule has 3 aromatic carbocycles. The lowest BCUT2D eigenvalue weighted by molar-refractivity contribution is 0.0237. The first kappa shape index (κ1) is 23.3. The van der Waals surface area contributed by atoms with E-state index in [0.717, 1.165) is 0 Å². The second kappa shape index (κ2) is 7.88. The molecule has 0 radical (unpaired) electrons. The molecule has 8 heteroatoms. The average molecular weight is 576 g/mol. The van der Waals surface area contributed by atoms with Crippen molar-refractivity contribution in [3.05, 3.63) is 89.3 Å². The molecule has 0 aliphatic carbocycles. The predicted molar refractivity (Wildman–Crippen MR) is 129 cm³/mol. The van der Waals surface area contributed by atoms with Gasteiger partial charge in [0.2, 0.25) is 0 Å². The van der Waals surface area contributed by atoms with Crippen LogP contribution >= 0.6 is 31.9 Å². The number of hydrogen-bond donors (Lipinski definition) is 3. The summed E-state index contributed by atoms with van der Waals surface area (Å²) in [5, 5.41) is 31.7. The van der Waals surface area contributed by atoms with Crippen LogP contribution in [0, 0.1) is 27.7 Å². The summed E-state index contributed by atoms with van der Waals surface area (Å²) in [7, 11) is 0. The van der Waals surface area contributed by atoms with Gasteiger partial charge in [0.05, 0.1) is 20.1 Å². The maximum Gasteiger partial charge on any atom is 0.340 e. The molecule has 33 heavy (non-hydrogen) atoms. The van der Waals surface area contributed by atoms with Crippen LogP contribution in [-0.2, 0) is 10.3 Å². The van der Waals surface area contributed by atoms with Crippen LogP contribution in [-0.4, -0.2) is 27.3 Å². The number of halogens is 2. The van der Waals surface area contributed by atoms with Crippen molar-refractivity contribution in [2.75, 3.05) is 0 Å². The number of hydrogen-bond acceptors (Lipinski definition) is 5. The highest BCUT2D eigenvalue weighted by molar-refractivity contribution is 9.10. The summed E-state index contributed by atoms with van der Waals surface area (Å²) in [6.45, 7) is 6.96. The molecular formula is C25H20Br2O6. The molecule has 3 aromatic rings. The van der Waals surface area contributed by atoms with Gasteiger partial charge >= 0.3 is 11.9 Å². The Morgan fingerprint density at radius 1 is 0.879 bits per heavy atom. The minimum atomic E-state index is -1.71. The topological polar surface area (TPSA) is 104 Å². The molecule has 170 valence electrons. The van der Waals surface area contributed by atoms with Crippen molar-refractivity contribution in [2.24, 2.45) is 0 Å². The highest BCUT2D eigenvalue weighted by Crippen LogP contribution is 2.55. The van der Waals surface area contributed by atoms with E-state index >= 15 is 0 Å². The number of aryl methyl sites for hydroxylation is 2. The van der Waals surface area contributed by atoms with Gasteiger partial charge in [0, 0.05) is 27.8 Å². The quantitative estimate of drug-likeness (QED) is 0.330. The van der Waals surface area contributed by atoms with Gasteiger partial charge in [-0.2, -0.15) is 0 Å². The fourth-order valence-electron chi connectivity index (χ4n) is 4.93. The maximum absolute atomic E-state index is 13.2. The van der Waals surface area contributed by atoms with Crippen LogP contribution in [0.25, 0.3) is 0 Å². The molecule has 0 unspecified atom stereocenters. The number of carbonyl (C=O) groups excluding carboxylic acids is 1. The smallest absolute Gasteiger partial charge is 0.340 e. The lowest BCUT2D eigenvalue weighted by atomic mass is 9.72. The fourth-order valence-corrected chi connectivity index (χ4v) is 6.21. The van der Waals surface area contributed by atoms with E-state index in [4.69, 9.17) is 4.74 Å². The number of carbonyl (C=O) groups is 2. The number of fused-ring (bicyclic) bond motifs is 1. The first-order chi connectivity index (χ1) is 15.4. The highest BCUT2D eigenvalue weighted by atomic mass is 79.9. The summed E-state index contributed by atoms with van der Waals surface area (Å²) in [6.07, 6.45) is 0. The molecule has 0 saturated heterocycles. The van der Waals surface area contributed by atoms with Crippen LogP contribution in [0.3, 0.4) is 0 Å². The van der Waals surface area contributed by atoms with Crippen molar-refractivity contribution < 1.29 is 29.6 Å². The zero-order chi connectivity index (χ0) is 24.4. The average Bonchev–Trinajstić information content (AvgIpc) is 3.03. The van der Waals surface area contributed by atoms with Gasteiger partial charge in [-0.25, -0.2) is 9.59 Å². The SMILES string of the molecule is Cc1cc(Br)c(O)c(C)c1C1(c2c(C)cc(Br)c(O)c2C)OC(=O)c2cccc(C(=O)O)c21. The third-order valence-corrected chi connectivity index (χ3v) is 7.41. The molecular weight excluding hydrogens is 556 g/mol. The Morgan fingerprint density at radius 2 is 1.36 bits per heavy atom. The summed E-state index contributed by atoms with van der Waals surface area (Å²) in [6, 6.07) is 7.83. The van der Waals surface area contributed by atoms with Gasteiger partial charge in [-0.3, -0.25) is 0 Å². The van der Waals surface area contributed by atoms with Crippen LogP contribution in [0.15, 0.2) is 39.3 Å². The number of cyclic esters (lactones) is 1. The number of phenols is 2. The summed E-state index contributed by atoms with van der Waals surface area (Å²) < 4.78 is 7.06.